The molecule has 1 saturated carbocycles. The number of thiazole rings is 1. The largest absolute Gasteiger partial charge is 0.319 e. The summed E-state index contributed by atoms with van der Waals surface area (Å²) in [4.78, 5) is 5.99. The Morgan fingerprint density at radius 3 is 2.85 bits per heavy atom. The Morgan fingerprint density at radius 2 is 2.31 bits per heavy atom. The molecule has 0 aromatic carbocycles. The first kappa shape index (κ1) is 9.16. The number of aryl methyl sites for hydroxylation is 2. The molecule has 1 fully saturated rings. The van der Waals surface area contributed by atoms with E-state index in [1.54, 1.807) is 0 Å². The molecule has 2 atom stereocenters. The van der Waals surface area contributed by atoms with Crippen molar-refractivity contribution >= 4 is 11.3 Å². The SMILES string of the molecule is CNCC1CC1c1sc(C)nc1C. The molecule has 3 heteroatoms. The van der Waals surface area contributed by atoms with Crippen molar-refractivity contribution in [1.82, 2.24) is 10.3 Å². The van der Waals surface area contributed by atoms with E-state index in [9.17, 15) is 0 Å². The van der Waals surface area contributed by atoms with Crippen LogP contribution in [0.3, 0.4) is 0 Å². The molecule has 0 spiro atoms. The predicted molar refractivity (Wildman–Crippen MR) is 56.4 cm³/mol. The van der Waals surface area contributed by atoms with E-state index in [2.05, 4.69) is 24.1 Å². The zero-order valence-electron chi connectivity index (χ0n) is 8.42. The average molecular weight is 196 g/mol. The third kappa shape index (κ3) is 1.76. The predicted octanol–water partition coefficient (Wildman–Crippen LogP) is 2.08. The second-order valence-electron chi connectivity index (χ2n) is 3.84. The van der Waals surface area contributed by atoms with Crippen LogP contribution in [-0.2, 0) is 0 Å². The van der Waals surface area contributed by atoms with Crippen LogP contribution in [0.5, 0.6) is 0 Å². The molecule has 72 valence electrons. The summed E-state index contributed by atoms with van der Waals surface area (Å²) in [6.45, 7) is 5.38. The van der Waals surface area contributed by atoms with E-state index in [0.717, 1.165) is 18.4 Å². The lowest BCUT2D eigenvalue weighted by Gasteiger charge is -1.96. The van der Waals surface area contributed by atoms with Gasteiger partial charge in [-0.1, -0.05) is 0 Å². The molecule has 0 radical (unpaired) electrons. The molecule has 1 aromatic heterocycles. The lowest BCUT2D eigenvalue weighted by atomic mass is 10.2. The van der Waals surface area contributed by atoms with Gasteiger partial charge in [-0.15, -0.1) is 11.3 Å². The summed E-state index contributed by atoms with van der Waals surface area (Å²) in [6, 6.07) is 0. The van der Waals surface area contributed by atoms with Gasteiger partial charge in [0.25, 0.3) is 0 Å². The van der Waals surface area contributed by atoms with E-state index in [-0.39, 0.29) is 0 Å². The molecule has 1 aliphatic rings. The molecule has 13 heavy (non-hydrogen) atoms. The highest BCUT2D eigenvalue weighted by atomic mass is 32.1. The van der Waals surface area contributed by atoms with Gasteiger partial charge in [0, 0.05) is 4.88 Å². The first-order valence-electron chi connectivity index (χ1n) is 4.81. The van der Waals surface area contributed by atoms with Crippen molar-refractivity contribution in [3.05, 3.63) is 15.6 Å². The lowest BCUT2D eigenvalue weighted by molar-refractivity contribution is 0.699. The fraction of sp³-hybridized carbons (Fsp3) is 0.700. The second-order valence-corrected chi connectivity index (χ2v) is 5.08. The number of aromatic nitrogens is 1. The van der Waals surface area contributed by atoms with Gasteiger partial charge in [0.15, 0.2) is 0 Å². The number of nitrogens with one attached hydrogen (secondary N) is 1. The van der Waals surface area contributed by atoms with E-state index in [1.165, 1.54) is 22.0 Å². The molecule has 1 aromatic rings. The van der Waals surface area contributed by atoms with E-state index in [4.69, 9.17) is 0 Å². The average Bonchev–Trinajstić information content (AvgIpc) is 2.73. The van der Waals surface area contributed by atoms with E-state index in [0.29, 0.717) is 0 Å². The Labute approximate surface area is 83.4 Å². The summed E-state index contributed by atoms with van der Waals surface area (Å²) in [5.74, 6) is 1.67. The van der Waals surface area contributed by atoms with Gasteiger partial charge in [-0.25, -0.2) is 4.98 Å². The number of hydrogen-bond donors (Lipinski definition) is 1. The van der Waals surface area contributed by atoms with Crippen LogP contribution in [-0.4, -0.2) is 18.6 Å². The fourth-order valence-electron chi connectivity index (χ4n) is 1.95. The fourth-order valence-corrected chi connectivity index (χ4v) is 3.08. The molecule has 1 aliphatic carbocycles. The van der Waals surface area contributed by atoms with Crippen molar-refractivity contribution in [3.63, 3.8) is 0 Å². The van der Waals surface area contributed by atoms with Crippen molar-refractivity contribution < 1.29 is 0 Å². The maximum atomic E-state index is 4.46. The highest BCUT2D eigenvalue weighted by Gasteiger charge is 2.39. The van der Waals surface area contributed by atoms with Crippen LogP contribution >= 0.6 is 11.3 Å². The molecule has 0 amide bonds. The van der Waals surface area contributed by atoms with Gasteiger partial charge in [-0.05, 0) is 45.7 Å². The highest BCUT2D eigenvalue weighted by Crippen LogP contribution is 2.49. The molecule has 2 nitrogen and oxygen atoms in total. The lowest BCUT2D eigenvalue weighted by Crippen LogP contribution is -2.10. The highest BCUT2D eigenvalue weighted by molar-refractivity contribution is 7.11. The number of rotatable bonds is 3. The van der Waals surface area contributed by atoms with Crippen LogP contribution < -0.4 is 5.32 Å². The minimum absolute atomic E-state index is 0.804. The summed E-state index contributed by atoms with van der Waals surface area (Å²) >= 11 is 1.88. The zero-order chi connectivity index (χ0) is 9.42. The molecule has 1 heterocycles. The van der Waals surface area contributed by atoms with E-state index in [1.807, 2.05) is 18.4 Å². The summed E-state index contributed by atoms with van der Waals surface area (Å²) in [5.41, 5.74) is 1.26. The topological polar surface area (TPSA) is 24.9 Å². The van der Waals surface area contributed by atoms with Crippen LogP contribution in [0.25, 0.3) is 0 Å². The molecular formula is C10H16N2S. The quantitative estimate of drug-likeness (QED) is 0.800. The van der Waals surface area contributed by atoms with Crippen molar-refractivity contribution in [2.45, 2.75) is 26.2 Å². The van der Waals surface area contributed by atoms with E-state index >= 15 is 0 Å². The van der Waals surface area contributed by atoms with Crippen LogP contribution in [0.15, 0.2) is 0 Å². The van der Waals surface area contributed by atoms with Crippen molar-refractivity contribution in [3.8, 4) is 0 Å². The molecule has 2 unspecified atom stereocenters. The molecule has 0 aliphatic heterocycles. The standard InChI is InChI=1S/C10H16N2S/c1-6-10(13-7(2)12-6)9-4-8(9)5-11-3/h8-9,11H,4-5H2,1-3H3. The molecule has 0 saturated heterocycles. The summed E-state index contributed by atoms with van der Waals surface area (Å²) < 4.78 is 0. The van der Waals surface area contributed by atoms with Gasteiger partial charge in [-0.2, -0.15) is 0 Å². The Hall–Kier alpha value is -0.410. The Bertz CT molecular complexity index is 306. The van der Waals surface area contributed by atoms with Gasteiger partial charge >= 0.3 is 0 Å². The van der Waals surface area contributed by atoms with E-state index < -0.39 is 0 Å². The van der Waals surface area contributed by atoms with Crippen LogP contribution in [0, 0.1) is 19.8 Å². The monoisotopic (exact) mass is 196 g/mol. The zero-order valence-corrected chi connectivity index (χ0v) is 9.24. The first-order valence-corrected chi connectivity index (χ1v) is 5.62. The molecule has 0 bridgehead atoms. The summed E-state index contributed by atoms with van der Waals surface area (Å²) in [5, 5.41) is 4.45. The summed E-state index contributed by atoms with van der Waals surface area (Å²) in [7, 11) is 2.03. The van der Waals surface area contributed by atoms with Crippen LogP contribution in [0.1, 0.15) is 27.9 Å². The Morgan fingerprint density at radius 1 is 1.54 bits per heavy atom. The van der Waals surface area contributed by atoms with Gasteiger partial charge in [0.1, 0.15) is 0 Å². The van der Waals surface area contributed by atoms with Crippen molar-refractivity contribution in [2.75, 3.05) is 13.6 Å². The van der Waals surface area contributed by atoms with Gasteiger partial charge in [0.05, 0.1) is 10.7 Å². The first-order chi connectivity index (χ1) is 6.22. The smallest absolute Gasteiger partial charge is 0.0900 e. The normalized spacial score (nSPS) is 26.4. The minimum Gasteiger partial charge on any atom is -0.319 e. The number of hydrogen-bond acceptors (Lipinski definition) is 3. The molecular weight excluding hydrogens is 180 g/mol. The Balaban J connectivity index is 2.07. The van der Waals surface area contributed by atoms with Crippen LogP contribution in [0.2, 0.25) is 0 Å². The van der Waals surface area contributed by atoms with Crippen molar-refractivity contribution in [1.29, 1.82) is 0 Å². The van der Waals surface area contributed by atoms with Gasteiger partial charge < -0.3 is 5.32 Å². The molecule has 1 N–H and O–H groups in total. The second kappa shape index (κ2) is 3.39. The minimum atomic E-state index is 0.804. The third-order valence-corrected chi connectivity index (χ3v) is 3.87. The molecule has 2 rings (SSSR count). The van der Waals surface area contributed by atoms with Gasteiger partial charge in [-0.3, -0.25) is 0 Å². The number of nitrogens with zero attached hydrogens (tertiary/aromatic N) is 1. The Kier molecular flexibility index (Phi) is 2.39. The third-order valence-electron chi connectivity index (χ3n) is 2.67. The van der Waals surface area contributed by atoms with Crippen LogP contribution in [0.4, 0.5) is 0 Å². The van der Waals surface area contributed by atoms with Gasteiger partial charge in [0.2, 0.25) is 0 Å². The van der Waals surface area contributed by atoms with Crippen molar-refractivity contribution in [2.24, 2.45) is 5.92 Å². The maximum absolute atomic E-state index is 4.46. The maximum Gasteiger partial charge on any atom is 0.0900 e. The summed E-state index contributed by atoms with van der Waals surface area (Å²) in [6.07, 6.45) is 1.35.